The van der Waals surface area contributed by atoms with Crippen LogP contribution in [0.5, 0.6) is 0 Å². The number of halogens is 1. The van der Waals surface area contributed by atoms with E-state index in [1.54, 1.807) is 11.3 Å². The second-order valence-corrected chi connectivity index (χ2v) is 10.0. The average molecular weight is 476 g/mol. The third-order valence-electron chi connectivity index (χ3n) is 6.22. The monoisotopic (exact) mass is 475 g/mol. The molecule has 2 aliphatic rings. The van der Waals surface area contributed by atoms with Crippen LogP contribution in [-0.2, 0) is 28.9 Å². The predicted octanol–water partition coefficient (Wildman–Crippen LogP) is 4.21. The number of fused-ring (bicyclic) bond motifs is 1. The van der Waals surface area contributed by atoms with E-state index in [4.69, 9.17) is 16.3 Å². The highest BCUT2D eigenvalue weighted by molar-refractivity contribution is 7.17. The summed E-state index contributed by atoms with van der Waals surface area (Å²) in [6.07, 6.45) is 5.22. The molecule has 1 aliphatic carbocycles. The Bertz CT molecular complexity index is 952. The molecule has 2 heterocycles. The van der Waals surface area contributed by atoms with Crippen molar-refractivity contribution in [1.82, 2.24) is 9.80 Å². The molecule has 1 saturated heterocycles. The number of anilines is 1. The molecule has 6 nitrogen and oxygen atoms in total. The second-order valence-electron chi connectivity index (χ2n) is 8.49. The van der Waals surface area contributed by atoms with E-state index in [0.717, 1.165) is 69.0 Å². The number of thiophene rings is 1. The summed E-state index contributed by atoms with van der Waals surface area (Å²) in [5, 5.41) is 4.42. The largest absolute Gasteiger partial charge is 0.465 e. The molecule has 0 radical (unpaired) electrons. The fraction of sp³-hybridized carbons (Fsp3) is 0.500. The number of esters is 1. The molecule has 0 saturated carbocycles. The molecule has 0 atom stereocenters. The molecule has 2 aromatic rings. The number of amides is 1. The van der Waals surface area contributed by atoms with Crippen molar-refractivity contribution in [3.8, 4) is 0 Å². The van der Waals surface area contributed by atoms with Crippen LogP contribution >= 0.6 is 22.9 Å². The number of carbonyl (C=O) groups is 2. The number of hydrogen-bond donors (Lipinski definition) is 1. The standard InChI is InChI=1S/C24H30ClN3O3S/c1-31-24(30)22-19-5-3-2-4-6-20(19)32-23(22)26-21(29)16-28-13-11-27(12-14-28)15-17-7-9-18(25)10-8-17/h7-10H,2-6,11-16H2,1H3,(H,26,29). The second kappa shape index (κ2) is 10.8. The van der Waals surface area contributed by atoms with Gasteiger partial charge in [0, 0.05) is 42.6 Å². The van der Waals surface area contributed by atoms with Gasteiger partial charge in [-0.3, -0.25) is 14.6 Å². The SMILES string of the molecule is COC(=O)c1c(NC(=O)CN2CCN(Cc3ccc(Cl)cc3)CC2)sc2c1CCCCC2. The van der Waals surface area contributed by atoms with Crippen molar-refractivity contribution in [2.75, 3.05) is 45.2 Å². The van der Waals surface area contributed by atoms with Crippen LogP contribution in [0.15, 0.2) is 24.3 Å². The zero-order chi connectivity index (χ0) is 22.5. The lowest BCUT2D eigenvalue weighted by Crippen LogP contribution is -2.48. The third kappa shape index (κ3) is 5.70. The zero-order valence-corrected chi connectivity index (χ0v) is 20.1. The lowest BCUT2D eigenvalue weighted by molar-refractivity contribution is -0.117. The van der Waals surface area contributed by atoms with E-state index in [1.807, 2.05) is 12.1 Å². The zero-order valence-electron chi connectivity index (χ0n) is 18.5. The highest BCUT2D eigenvalue weighted by atomic mass is 35.5. The van der Waals surface area contributed by atoms with Crippen LogP contribution in [0.2, 0.25) is 5.02 Å². The van der Waals surface area contributed by atoms with Gasteiger partial charge in [0.1, 0.15) is 5.00 Å². The molecule has 0 spiro atoms. The Balaban J connectivity index is 1.32. The number of ether oxygens (including phenoxy) is 1. The minimum absolute atomic E-state index is 0.0716. The van der Waals surface area contributed by atoms with Gasteiger partial charge in [0.05, 0.1) is 19.2 Å². The highest BCUT2D eigenvalue weighted by Gasteiger charge is 2.27. The first-order chi connectivity index (χ1) is 15.5. The summed E-state index contributed by atoms with van der Waals surface area (Å²) < 4.78 is 5.03. The molecule has 8 heteroatoms. The lowest BCUT2D eigenvalue weighted by atomic mass is 10.1. The van der Waals surface area contributed by atoms with Crippen LogP contribution < -0.4 is 5.32 Å². The van der Waals surface area contributed by atoms with Crippen LogP contribution in [0.3, 0.4) is 0 Å². The maximum Gasteiger partial charge on any atom is 0.341 e. The van der Waals surface area contributed by atoms with Gasteiger partial charge >= 0.3 is 5.97 Å². The number of nitrogens with one attached hydrogen (secondary N) is 1. The molecule has 32 heavy (non-hydrogen) atoms. The Morgan fingerprint density at radius 3 is 2.44 bits per heavy atom. The summed E-state index contributed by atoms with van der Waals surface area (Å²) in [6.45, 7) is 4.73. The topological polar surface area (TPSA) is 61.9 Å². The van der Waals surface area contributed by atoms with E-state index < -0.39 is 0 Å². The Labute approximate surface area is 198 Å². The maximum atomic E-state index is 12.8. The maximum absolute atomic E-state index is 12.8. The van der Waals surface area contributed by atoms with E-state index in [9.17, 15) is 9.59 Å². The van der Waals surface area contributed by atoms with Gasteiger partial charge in [0.2, 0.25) is 5.91 Å². The van der Waals surface area contributed by atoms with E-state index in [-0.39, 0.29) is 11.9 Å². The summed E-state index contributed by atoms with van der Waals surface area (Å²) in [5.74, 6) is -0.423. The third-order valence-corrected chi connectivity index (χ3v) is 7.67. The number of benzene rings is 1. The van der Waals surface area contributed by atoms with Gasteiger partial charge in [-0.15, -0.1) is 11.3 Å². The van der Waals surface area contributed by atoms with Crippen LogP contribution in [0, 0.1) is 0 Å². The average Bonchev–Trinajstić information content (AvgIpc) is 2.96. The first-order valence-corrected chi connectivity index (χ1v) is 12.4. The smallest absolute Gasteiger partial charge is 0.341 e. The molecule has 172 valence electrons. The molecule has 1 fully saturated rings. The van der Waals surface area contributed by atoms with Gasteiger partial charge in [-0.2, -0.15) is 0 Å². The van der Waals surface area contributed by atoms with Crippen LogP contribution in [0.1, 0.15) is 45.6 Å². The first kappa shape index (κ1) is 23.2. The van der Waals surface area contributed by atoms with E-state index in [0.29, 0.717) is 17.1 Å². The van der Waals surface area contributed by atoms with Crippen LogP contribution in [0.4, 0.5) is 5.00 Å². The fourth-order valence-corrected chi connectivity index (χ4v) is 5.89. The van der Waals surface area contributed by atoms with E-state index in [1.165, 1.54) is 24.0 Å². The predicted molar refractivity (Wildman–Crippen MR) is 129 cm³/mol. The van der Waals surface area contributed by atoms with E-state index >= 15 is 0 Å². The van der Waals surface area contributed by atoms with Gasteiger partial charge in [-0.05, 0) is 48.9 Å². The number of rotatable bonds is 6. The van der Waals surface area contributed by atoms with E-state index in [2.05, 4.69) is 27.2 Å². The number of methoxy groups -OCH3 is 1. The first-order valence-electron chi connectivity index (χ1n) is 11.3. The van der Waals surface area contributed by atoms with Gasteiger partial charge in [0.25, 0.3) is 0 Å². The minimum atomic E-state index is -0.351. The Morgan fingerprint density at radius 1 is 1.03 bits per heavy atom. The number of hydrogen-bond acceptors (Lipinski definition) is 6. The molecule has 4 rings (SSSR count). The molecular weight excluding hydrogens is 446 g/mol. The normalized spacial score (nSPS) is 17.4. The summed E-state index contributed by atoms with van der Waals surface area (Å²) >= 11 is 7.51. The Hall–Kier alpha value is -1.93. The van der Waals surface area contributed by atoms with Crippen molar-refractivity contribution in [2.45, 2.75) is 38.6 Å². The number of nitrogens with zero attached hydrogens (tertiary/aromatic N) is 2. The quantitative estimate of drug-likeness (QED) is 0.501. The summed E-state index contributed by atoms with van der Waals surface area (Å²) in [4.78, 5) is 31.0. The summed E-state index contributed by atoms with van der Waals surface area (Å²) in [7, 11) is 1.40. The fourth-order valence-electron chi connectivity index (χ4n) is 4.47. The molecule has 1 aliphatic heterocycles. The van der Waals surface area contributed by atoms with Crippen molar-refractivity contribution in [2.24, 2.45) is 0 Å². The van der Waals surface area contributed by atoms with Crippen molar-refractivity contribution >= 4 is 39.8 Å². The lowest BCUT2D eigenvalue weighted by Gasteiger charge is -2.34. The van der Waals surface area contributed by atoms with Crippen LogP contribution in [-0.4, -0.2) is 61.5 Å². The number of piperazine rings is 1. The van der Waals surface area contributed by atoms with Crippen molar-refractivity contribution in [3.05, 3.63) is 50.9 Å². The minimum Gasteiger partial charge on any atom is -0.465 e. The highest BCUT2D eigenvalue weighted by Crippen LogP contribution is 2.38. The summed E-state index contributed by atoms with van der Waals surface area (Å²) in [5.41, 5.74) is 2.88. The van der Waals surface area contributed by atoms with Crippen molar-refractivity contribution in [1.29, 1.82) is 0 Å². The van der Waals surface area contributed by atoms with Gasteiger partial charge in [-0.25, -0.2) is 4.79 Å². The molecule has 1 N–H and O–H groups in total. The molecule has 1 aromatic carbocycles. The molecule has 1 amide bonds. The summed E-state index contributed by atoms with van der Waals surface area (Å²) in [6, 6.07) is 7.96. The molecule has 1 aromatic heterocycles. The van der Waals surface area contributed by atoms with Crippen molar-refractivity contribution < 1.29 is 14.3 Å². The van der Waals surface area contributed by atoms with Gasteiger partial charge in [0.15, 0.2) is 0 Å². The number of carbonyl (C=O) groups excluding carboxylic acids is 2. The van der Waals surface area contributed by atoms with Crippen LogP contribution in [0.25, 0.3) is 0 Å². The van der Waals surface area contributed by atoms with Gasteiger partial charge < -0.3 is 10.1 Å². The Morgan fingerprint density at radius 2 is 1.72 bits per heavy atom. The number of aryl methyl sites for hydroxylation is 1. The molecule has 0 bridgehead atoms. The Kier molecular flexibility index (Phi) is 7.84. The van der Waals surface area contributed by atoms with Gasteiger partial charge in [-0.1, -0.05) is 30.2 Å². The van der Waals surface area contributed by atoms with Crippen molar-refractivity contribution in [3.63, 3.8) is 0 Å². The molecular formula is C24H30ClN3O3S. The molecule has 0 unspecified atom stereocenters.